The maximum atomic E-state index is 13.9. The lowest BCUT2D eigenvalue weighted by Crippen LogP contribution is -2.27. The Hall–Kier alpha value is -4.72. The number of hydrogen-bond acceptors (Lipinski definition) is 4. The second-order valence-electron chi connectivity index (χ2n) is 8.05. The number of benzene rings is 4. The molecule has 0 unspecified atom stereocenters. The third kappa shape index (κ3) is 7.14. The Bertz CT molecular complexity index is 1380. The zero-order valence-corrected chi connectivity index (χ0v) is 19.7. The maximum Gasteiger partial charge on any atom is 0.412 e. The van der Waals surface area contributed by atoms with Crippen LogP contribution in [0.4, 0.5) is 18.4 Å². The molecule has 37 heavy (non-hydrogen) atoms. The summed E-state index contributed by atoms with van der Waals surface area (Å²) >= 11 is 0. The molecule has 0 saturated heterocycles. The first-order valence-electron chi connectivity index (χ1n) is 11.5. The van der Waals surface area contributed by atoms with E-state index in [-0.39, 0.29) is 31.0 Å². The lowest BCUT2D eigenvalue weighted by atomic mass is 9.99. The van der Waals surface area contributed by atoms with Gasteiger partial charge in [0, 0.05) is 30.3 Å². The van der Waals surface area contributed by atoms with Gasteiger partial charge in [-0.05, 0) is 28.8 Å². The van der Waals surface area contributed by atoms with Gasteiger partial charge >= 0.3 is 12.2 Å². The molecule has 4 aromatic carbocycles. The minimum Gasteiger partial charge on any atom is -0.445 e. The number of hydrogen-bond donors (Lipinski definition) is 2. The molecule has 0 aromatic heterocycles. The van der Waals surface area contributed by atoms with Crippen molar-refractivity contribution in [2.24, 2.45) is 0 Å². The molecule has 0 spiro atoms. The van der Waals surface area contributed by atoms with Crippen molar-refractivity contribution in [1.29, 1.82) is 0 Å². The second kappa shape index (κ2) is 12.3. The van der Waals surface area contributed by atoms with Crippen LogP contribution in [0.3, 0.4) is 0 Å². The minimum atomic E-state index is -0.795. The highest BCUT2D eigenvalue weighted by atomic mass is 19.1. The monoisotopic (exact) mass is 502 g/mol. The van der Waals surface area contributed by atoms with Crippen molar-refractivity contribution in [2.45, 2.75) is 19.7 Å². The third-order valence-electron chi connectivity index (χ3n) is 5.47. The summed E-state index contributed by atoms with van der Waals surface area (Å²) in [6.45, 7) is 0.175. The molecule has 0 fully saturated rings. The van der Waals surface area contributed by atoms with Gasteiger partial charge in [0.2, 0.25) is 0 Å². The molecule has 0 bridgehead atoms. The van der Waals surface area contributed by atoms with Gasteiger partial charge in [-0.25, -0.2) is 18.4 Å². The minimum absolute atomic E-state index is 0.127. The van der Waals surface area contributed by atoms with Crippen LogP contribution in [0.1, 0.15) is 16.7 Å². The topological polar surface area (TPSA) is 76.7 Å². The van der Waals surface area contributed by atoms with Crippen molar-refractivity contribution in [3.8, 4) is 16.9 Å². The predicted octanol–water partition coefficient (Wildman–Crippen LogP) is 6.35. The average molecular weight is 503 g/mol. The molecule has 4 rings (SSSR count). The van der Waals surface area contributed by atoms with Crippen LogP contribution < -0.4 is 15.4 Å². The molecule has 0 saturated carbocycles. The Morgan fingerprint density at radius 2 is 1.32 bits per heavy atom. The SMILES string of the molecule is O=C(NCc1ccccc1-c1ccccc1OC(=O)NCc1ccc(F)cc1F)OCc1ccccc1. The Balaban J connectivity index is 1.40. The summed E-state index contributed by atoms with van der Waals surface area (Å²) in [4.78, 5) is 24.7. The van der Waals surface area contributed by atoms with Gasteiger partial charge in [-0.15, -0.1) is 0 Å². The van der Waals surface area contributed by atoms with Crippen LogP contribution in [0, 0.1) is 11.6 Å². The van der Waals surface area contributed by atoms with Crippen molar-refractivity contribution in [3.05, 3.63) is 125 Å². The normalized spacial score (nSPS) is 10.4. The van der Waals surface area contributed by atoms with E-state index in [1.807, 2.05) is 54.6 Å². The molecule has 8 heteroatoms. The Morgan fingerprint density at radius 3 is 2.11 bits per heavy atom. The van der Waals surface area contributed by atoms with Gasteiger partial charge in [-0.1, -0.05) is 78.9 Å². The van der Waals surface area contributed by atoms with Gasteiger partial charge in [0.15, 0.2) is 0 Å². The van der Waals surface area contributed by atoms with E-state index in [0.717, 1.165) is 28.8 Å². The summed E-state index contributed by atoms with van der Waals surface area (Å²) < 4.78 is 37.7. The Labute approximate surface area is 212 Å². The summed E-state index contributed by atoms with van der Waals surface area (Å²) in [6.07, 6.45) is -1.35. The number of ether oxygens (including phenoxy) is 2. The van der Waals surface area contributed by atoms with Crippen LogP contribution in [-0.2, 0) is 24.4 Å². The fourth-order valence-corrected chi connectivity index (χ4v) is 3.63. The quantitative estimate of drug-likeness (QED) is 0.295. The smallest absolute Gasteiger partial charge is 0.412 e. The number of amides is 2. The molecule has 0 radical (unpaired) electrons. The zero-order chi connectivity index (χ0) is 26.0. The number of rotatable bonds is 8. The summed E-state index contributed by atoms with van der Waals surface area (Å²) in [7, 11) is 0. The van der Waals surface area contributed by atoms with Crippen LogP contribution in [0.2, 0.25) is 0 Å². The van der Waals surface area contributed by atoms with E-state index >= 15 is 0 Å². The summed E-state index contributed by atoms with van der Waals surface area (Å²) in [5.74, 6) is -1.18. The highest BCUT2D eigenvalue weighted by Gasteiger charge is 2.15. The first kappa shape index (κ1) is 25.4. The van der Waals surface area contributed by atoms with Gasteiger partial charge in [-0.2, -0.15) is 0 Å². The fourth-order valence-electron chi connectivity index (χ4n) is 3.63. The maximum absolute atomic E-state index is 13.9. The van der Waals surface area contributed by atoms with Crippen molar-refractivity contribution < 1.29 is 27.8 Å². The van der Waals surface area contributed by atoms with E-state index in [4.69, 9.17) is 9.47 Å². The molecule has 0 atom stereocenters. The molecule has 6 nitrogen and oxygen atoms in total. The molecule has 0 aliphatic rings. The highest BCUT2D eigenvalue weighted by molar-refractivity contribution is 5.79. The van der Waals surface area contributed by atoms with Crippen molar-refractivity contribution >= 4 is 12.2 Å². The first-order chi connectivity index (χ1) is 18.0. The average Bonchev–Trinajstić information content (AvgIpc) is 2.91. The molecule has 0 aliphatic heterocycles. The Kier molecular flexibility index (Phi) is 8.44. The number of carbonyl (C=O) groups excluding carboxylic acids is 2. The van der Waals surface area contributed by atoms with Crippen molar-refractivity contribution in [2.75, 3.05) is 0 Å². The van der Waals surface area contributed by atoms with Crippen LogP contribution in [0.5, 0.6) is 5.75 Å². The molecular formula is C29H24F2N2O4. The first-order valence-corrected chi connectivity index (χ1v) is 11.5. The summed E-state index contributed by atoms with van der Waals surface area (Å²) in [5, 5.41) is 5.22. The second-order valence-corrected chi connectivity index (χ2v) is 8.05. The van der Waals surface area contributed by atoms with Crippen LogP contribution in [-0.4, -0.2) is 12.2 Å². The number of alkyl carbamates (subject to hydrolysis) is 1. The molecule has 4 aromatic rings. The standard InChI is InChI=1S/C29H24F2N2O4/c30-23-15-14-22(26(31)16-23)18-33-29(35)37-27-13-7-6-12-25(27)24-11-5-4-10-21(24)17-32-28(34)36-19-20-8-2-1-3-9-20/h1-16H,17-19H2,(H,32,34)(H,33,35). The molecule has 188 valence electrons. The van der Waals surface area contributed by atoms with Gasteiger partial charge in [0.25, 0.3) is 0 Å². The van der Waals surface area contributed by atoms with E-state index < -0.39 is 23.8 Å². The molecule has 2 amide bonds. The van der Waals surface area contributed by atoms with Gasteiger partial charge in [0.1, 0.15) is 24.0 Å². The molecule has 0 heterocycles. The van der Waals surface area contributed by atoms with E-state index in [2.05, 4.69) is 10.6 Å². The lowest BCUT2D eigenvalue weighted by molar-refractivity contribution is 0.139. The summed E-state index contributed by atoms with van der Waals surface area (Å²) in [6, 6.07) is 26.8. The summed E-state index contributed by atoms with van der Waals surface area (Å²) in [5.41, 5.74) is 3.16. The lowest BCUT2D eigenvalue weighted by Gasteiger charge is -2.15. The number of para-hydroxylation sites is 1. The molecular weight excluding hydrogens is 478 g/mol. The van der Waals surface area contributed by atoms with E-state index in [1.54, 1.807) is 24.3 Å². The van der Waals surface area contributed by atoms with Gasteiger partial charge in [-0.3, -0.25) is 0 Å². The zero-order valence-electron chi connectivity index (χ0n) is 19.7. The van der Waals surface area contributed by atoms with E-state index in [0.29, 0.717) is 5.56 Å². The van der Waals surface area contributed by atoms with Crippen molar-refractivity contribution in [3.63, 3.8) is 0 Å². The Morgan fingerprint density at radius 1 is 0.676 bits per heavy atom. The largest absolute Gasteiger partial charge is 0.445 e. The van der Waals surface area contributed by atoms with Crippen LogP contribution in [0.25, 0.3) is 11.1 Å². The van der Waals surface area contributed by atoms with Gasteiger partial charge < -0.3 is 20.1 Å². The van der Waals surface area contributed by atoms with Gasteiger partial charge in [0.05, 0.1) is 0 Å². The van der Waals surface area contributed by atoms with Crippen molar-refractivity contribution in [1.82, 2.24) is 10.6 Å². The molecule has 2 N–H and O–H groups in total. The number of carbonyl (C=O) groups is 2. The van der Waals surface area contributed by atoms with E-state index in [1.165, 1.54) is 6.07 Å². The number of halogens is 2. The third-order valence-corrected chi connectivity index (χ3v) is 5.47. The number of nitrogens with one attached hydrogen (secondary N) is 2. The predicted molar refractivity (Wildman–Crippen MR) is 135 cm³/mol. The van der Waals surface area contributed by atoms with Crippen LogP contribution in [0.15, 0.2) is 97.1 Å². The van der Waals surface area contributed by atoms with E-state index in [9.17, 15) is 18.4 Å². The molecule has 0 aliphatic carbocycles. The fraction of sp³-hybridized carbons (Fsp3) is 0.103. The van der Waals surface area contributed by atoms with Crippen LogP contribution >= 0.6 is 0 Å². The highest BCUT2D eigenvalue weighted by Crippen LogP contribution is 2.32.